The van der Waals surface area contributed by atoms with Gasteiger partial charge in [0.25, 0.3) is 0 Å². The van der Waals surface area contributed by atoms with Gasteiger partial charge >= 0.3 is 39.5 Å². The van der Waals surface area contributed by atoms with Crippen LogP contribution in [0.1, 0.15) is 77.0 Å². The highest BCUT2D eigenvalue weighted by molar-refractivity contribution is 7.62. The predicted molar refractivity (Wildman–Crippen MR) is 144 cm³/mol. The van der Waals surface area contributed by atoms with Crippen molar-refractivity contribution in [3.05, 3.63) is 0 Å². The Morgan fingerprint density at radius 2 is 0.634 bits per heavy atom. The molecule has 17 heteroatoms. The quantitative estimate of drug-likeness (QED) is 0.0553. The summed E-state index contributed by atoms with van der Waals surface area (Å²) in [6.07, 6.45) is 3.00. The number of unbranched alkanes of at least 4 members (excludes halogenated alkanes) is 4. The first-order chi connectivity index (χ1) is 19.5. The molecule has 0 spiro atoms. The van der Waals surface area contributed by atoms with Gasteiger partial charge in [-0.3, -0.25) is 37.3 Å². The van der Waals surface area contributed by atoms with E-state index in [1.807, 2.05) is 0 Å². The fraction of sp³-hybridized carbons (Fsp3) is 0.833. The Morgan fingerprint density at radius 1 is 0.415 bits per heavy atom. The summed E-state index contributed by atoms with van der Waals surface area (Å²) in [5.41, 5.74) is 0. The molecule has 0 amide bonds. The highest BCUT2D eigenvalue weighted by Gasteiger charge is 2.40. The van der Waals surface area contributed by atoms with Crippen molar-refractivity contribution in [3.8, 4) is 0 Å². The zero-order chi connectivity index (χ0) is 31.0. The Balaban J connectivity index is 5.32. The van der Waals surface area contributed by atoms with Gasteiger partial charge in [0, 0.05) is 25.7 Å². The normalized spacial score (nSPS) is 11.6. The van der Waals surface area contributed by atoms with E-state index in [1.54, 1.807) is 0 Å². The summed E-state index contributed by atoms with van der Waals surface area (Å²) in [6, 6.07) is 0. The number of hydrogen-bond acceptors (Lipinski definition) is 15. The van der Waals surface area contributed by atoms with Gasteiger partial charge in [-0.15, -0.1) is 0 Å². The average Bonchev–Trinajstić information content (AvgIpc) is 2.95. The van der Waals surface area contributed by atoms with E-state index >= 15 is 0 Å². The van der Waals surface area contributed by atoms with Crippen LogP contribution < -0.4 is 0 Å². The molecule has 0 aliphatic rings. The lowest BCUT2D eigenvalue weighted by atomic mass is 10.2. The SMILES string of the molecule is COC(=O)CCCCOP(=O)(OCCCCC(=O)OC)OP(=O)(OCCCCC(=O)OC)OCCCCC(=O)OC. The lowest BCUT2D eigenvalue weighted by Crippen LogP contribution is -2.08. The molecule has 15 nitrogen and oxygen atoms in total. The summed E-state index contributed by atoms with van der Waals surface area (Å²) in [5.74, 6) is -1.68. The predicted octanol–water partition coefficient (Wildman–Crippen LogP) is 4.66. The molecule has 0 heterocycles. The molecule has 0 atom stereocenters. The van der Waals surface area contributed by atoms with Crippen molar-refractivity contribution in [1.82, 2.24) is 0 Å². The number of esters is 4. The molecule has 0 unspecified atom stereocenters. The zero-order valence-corrected chi connectivity index (χ0v) is 26.1. The Bertz CT molecular complexity index is 736. The smallest absolute Gasteiger partial charge is 0.469 e. The maximum Gasteiger partial charge on any atom is 0.483 e. The van der Waals surface area contributed by atoms with Gasteiger partial charge in [0.2, 0.25) is 0 Å². The first-order valence-electron chi connectivity index (χ1n) is 13.3. The zero-order valence-electron chi connectivity index (χ0n) is 24.3. The third-order valence-corrected chi connectivity index (χ3v) is 8.80. The minimum atomic E-state index is -4.53. The van der Waals surface area contributed by atoms with Gasteiger partial charge < -0.3 is 18.9 Å². The van der Waals surface area contributed by atoms with Crippen LogP contribution in [0, 0.1) is 0 Å². The molecule has 0 bridgehead atoms. The van der Waals surface area contributed by atoms with Crippen LogP contribution in [-0.2, 0) is 69.7 Å². The molecular formula is C24H44O15P2. The van der Waals surface area contributed by atoms with E-state index in [0.717, 1.165) is 0 Å². The Hall–Kier alpha value is -1.86. The second-order valence-electron chi connectivity index (χ2n) is 8.44. The van der Waals surface area contributed by atoms with Crippen molar-refractivity contribution in [2.24, 2.45) is 0 Å². The number of carbonyl (C=O) groups excluding carboxylic acids is 4. The monoisotopic (exact) mass is 634 g/mol. The van der Waals surface area contributed by atoms with E-state index < -0.39 is 39.5 Å². The largest absolute Gasteiger partial charge is 0.483 e. The maximum absolute atomic E-state index is 13.5. The number of phosphoric ester groups is 2. The van der Waals surface area contributed by atoms with Crippen molar-refractivity contribution in [2.45, 2.75) is 77.0 Å². The van der Waals surface area contributed by atoms with Crippen molar-refractivity contribution in [1.29, 1.82) is 0 Å². The minimum Gasteiger partial charge on any atom is -0.469 e. The molecule has 0 aliphatic carbocycles. The Morgan fingerprint density at radius 3 is 0.829 bits per heavy atom. The third-order valence-electron chi connectivity index (χ3n) is 5.21. The van der Waals surface area contributed by atoms with Gasteiger partial charge in [0.15, 0.2) is 0 Å². The standard InChI is InChI=1S/C24H44O15P2/c1-31-21(25)13-5-9-17-35-40(29,36-18-10-6-14-22(26)32-2)39-41(30,37-19-11-7-15-23(27)33-3)38-20-12-8-16-24(28)34-4/h5-20H2,1-4H3. The third kappa shape index (κ3) is 21.5. The molecule has 0 radical (unpaired) electrons. The van der Waals surface area contributed by atoms with E-state index in [0.29, 0.717) is 25.7 Å². The van der Waals surface area contributed by atoms with E-state index in [2.05, 4.69) is 18.9 Å². The fourth-order valence-electron chi connectivity index (χ4n) is 2.89. The molecule has 0 N–H and O–H groups in total. The van der Waals surface area contributed by atoms with Crippen LogP contribution >= 0.6 is 15.6 Å². The second kappa shape index (κ2) is 23.7. The molecule has 0 saturated carbocycles. The molecule has 0 rings (SSSR count). The highest BCUT2D eigenvalue weighted by Crippen LogP contribution is 2.66. The highest BCUT2D eigenvalue weighted by atomic mass is 31.3. The molecule has 0 saturated heterocycles. The number of phosphoric acid groups is 2. The minimum absolute atomic E-state index is 0.112. The summed E-state index contributed by atoms with van der Waals surface area (Å²) in [6.45, 7) is -0.688. The summed E-state index contributed by atoms with van der Waals surface area (Å²) >= 11 is 0. The summed E-state index contributed by atoms with van der Waals surface area (Å²) in [4.78, 5) is 45.3. The van der Waals surface area contributed by atoms with Crippen molar-refractivity contribution < 1.29 is 69.7 Å². The first kappa shape index (κ1) is 39.1. The number of methoxy groups -OCH3 is 4. The fourth-order valence-corrected chi connectivity index (χ4v) is 6.18. The van der Waals surface area contributed by atoms with Gasteiger partial charge in [0.05, 0.1) is 54.9 Å². The van der Waals surface area contributed by atoms with Crippen LogP contribution in [0.4, 0.5) is 0 Å². The summed E-state index contributed by atoms with van der Waals surface area (Å²) < 4.78 is 71.9. The molecule has 0 aromatic carbocycles. The lowest BCUT2D eigenvalue weighted by Gasteiger charge is -2.23. The molecule has 0 aromatic heterocycles. The second-order valence-corrected chi connectivity index (χ2v) is 11.9. The van der Waals surface area contributed by atoms with Crippen molar-refractivity contribution in [3.63, 3.8) is 0 Å². The van der Waals surface area contributed by atoms with Gasteiger partial charge in [-0.05, 0) is 51.4 Å². The first-order valence-corrected chi connectivity index (χ1v) is 16.2. The Labute approximate surface area is 241 Å². The molecule has 41 heavy (non-hydrogen) atoms. The number of rotatable bonds is 26. The summed E-state index contributed by atoms with van der Waals surface area (Å²) in [5, 5.41) is 0. The van der Waals surface area contributed by atoms with Gasteiger partial charge in [0.1, 0.15) is 0 Å². The molecule has 0 aromatic rings. The van der Waals surface area contributed by atoms with Crippen LogP contribution in [0.15, 0.2) is 0 Å². The van der Waals surface area contributed by atoms with E-state index in [-0.39, 0.29) is 77.8 Å². The summed E-state index contributed by atoms with van der Waals surface area (Å²) in [7, 11) is -4.01. The number of carbonyl (C=O) groups is 4. The lowest BCUT2D eigenvalue weighted by molar-refractivity contribution is -0.141. The van der Waals surface area contributed by atoms with Crippen LogP contribution in [-0.4, -0.2) is 78.7 Å². The van der Waals surface area contributed by atoms with Crippen molar-refractivity contribution in [2.75, 3.05) is 54.9 Å². The van der Waals surface area contributed by atoms with E-state index in [1.165, 1.54) is 28.4 Å². The van der Waals surface area contributed by atoms with E-state index in [9.17, 15) is 28.3 Å². The number of hydrogen-bond donors (Lipinski definition) is 0. The maximum atomic E-state index is 13.5. The van der Waals surface area contributed by atoms with Crippen LogP contribution in [0.2, 0.25) is 0 Å². The molecule has 240 valence electrons. The van der Waals surface area contributed by atoms with Crippen LogP contribution in [0.25, 0.3) is 0 Å². The molecule has 0 fully saturated rings. The van der Waals surface area contributed by atoms with Crippen LogP contribution in [0.3, 0.4) is 0 Å². The molecular weight excluding hydrogens is 590 g/mol. The Kier molecular flexibility index (Phi) is 22.6. The van der Waals surface area contributed by atoms with Crippen molar-refractivity contribution >= 4 is 39.5 Å². The van der Waals surface area contributed by atoms with Gasteiger partial charge in [-0.1, -0.05) is 0 Å². The van der Waals surface area contributed by atoms with Gasteiger partial charge in [-0.2, -0.15) is 4.31 Å². The molecule has 0 aliphatic heterocycles. The number of ether oxygens (including phenoxy) is 4. The van der Waals surface area contributed by atoms with E-state index in [4.69, 9.17) is 22.4 Å². The average molecular weight is 635 g/mol. The van der Waals surface area contributed by atoms with Crippen LogP contribution in [0.5, 0.6) is 0 Å². The topological polar surface area (TPSA) is 185 Å². The van der Waals surface area contributed by atoms with Gasteiger partial charge in [-0.25, -0.2) is 9.13 Å².